The SMILES string of the molecule is C[C@@H]1C[C@@H](C)CN(C(=O)c2ccccc2NC(=O)[C@@H]2CC(c3cc(F)ccc3F)=NO2)C1. The normalized spacial score (nSPS) is 22.8. The minimum atomic E-state index is -1.01. The van der Waals surface area contributed by atoms with Gasteiger partial charge in [0.2, 0.25) is 6.10 Å². The maximum atomic E-state index is 14.0. The summed E-state index contributed by atoms with van der Waals surface area (Å²) in [7, 11) is 0. The van der Waals surface area contributed by atoms with E-state index in [1.807, 2.05) is 4.90 Å². The summed E-state index contributed by atoms with van der Waals surface area (Å²) in [6, 6.07) is 9.85. The van der Waals surface area contributed by atoms with Gasteiger partial charge in [-0.05, 0) is 48.6 Å². The lowest BCUT2D eigenvalue weighted by atomic mass is 9.91. The van der Waals surface area contributed by atoms with Gasteiger partial charge in [-0.3, -0.25) is 9.59 Å². The number of amides is 2. The molecule has 168 valence electrons. The number of carbonyl (C=O) groups is 2. The first-order valence-corrected chi connectivity index (χ1v) is 10.7. The number of oxime groups is 1. The van der Waals surface area contributed by atoms with Gasteiger partial charge in [-0.25, -0.2) is 8.78 Å². The van der Waals surface area contributed by atoms with E-state index in [4.69, 9.17) is 4.84 Å². The van der Waals surface area contributed by atoms with Crippen LogP contribution in [0.3, 0.4) is 0 Å². The second-order valence-electron chi connectivity index (χ2n) is 8.65. The molecule has 1 N–H and O–H groups in total. The van der Waals surface area contributed by atoms with Crippen molar-refractivity contribution >= 4 is 23.2 Å². The zero-order chi connectivity index (χ0) is 22.8. The number of anilines is 1. The maximum Gasteiger partial charge on any atom is 0.268 e. The monoisotopic (exact) mass is 441 g/mol. The summed E-state index contributed by atoms with van der Waals surface area (Å²) in [5.41, 5.74) is 0.895. The third-order valence-corrected chi connectivity index (χ3v) is 5.77. The fourth-order valence-electron chi connectivity index (χ4n) is 4.39. The zero-order valence-electron chi connectivity index (χ0n) is 18.0. The fraction of sp³-hybridized carbons (Fsp3) is 0.375. The molecule has 32 heavy (non-hydrogen) atoms. The Bertz CT molecular complexity index is 1060. The summed E-state index contributed by atoms with van der Waals surface area (Å²) in [5, 5.41) is 6.51. The average molecular weight is 441 g/mol. The predicted octanol–water partition coefficient (Wildman–Crippen LogP) is 4.21. The molecular formula is C24H25F2N3O3. The summed E-state index contributed by atoms with van der Waals surface area (Å²) < 4.78 is 27.5. The number of nitrogens with one attached hydrogen (secondary N) is 1. The Hall–Kier alpha value is -3.29. The number of rotatable bonds is 4. The minimum absolute atomic E-state index is 0.0104. The van der Waals surface area contributed by atoms with Crippen LogP contribution in [0.2, 0.25) is 0 Å². The Morgan fingerprint density at radius 2 is 1.81 bits per heavy atom. The molecule has 1 saturated heterocycles. The van der Waals surface area contributed by atoms with Crippen molar-refractivity contribution in [2.45, 2.75) is 32.8 Å². The van der Waals surface area contributed by atoms with Crippen LogP contribution in [-0.2, 0) is 9.63 Å². The quantitative estimate of drug-likeness (QED) is 0.773. The van der Waals surface area contributed by atoms with Crippen molar-refractivity contribution in [2.75, 3.05) is 18.4 Å². The van der Waals surface area contributed by atoms with Gasteiger partial charge < -0.3 is 15.1 Å². The second-order valence-corrected chi connectivity index (χ2v) is 8.65. The van der Waals surface area contributed by atoms with Crippen LogP contribution in [0.4, 0.5) is 14.5 Å². The lowest BCUT2D eigenvalue weighted by molar-refractivity contribution is -0.125. The predicted molar refractivity (Wildman–Crippen MR) is 116 cm³/mol. The summed E-state index contributed by atoms with van der Waals surface area (Å²) in [4.78, 5) is 33.0. The van der Waals surface area contributed by atoms with Gasteiger partial charge in [0.05, 0.1) is 17.0 Å². The van der Waals surface area contributed by atoms with Crippen LogP contribution >= 0.6 is 0 Å². The molecule has 3 atom stereocenters. The third kappa shape index (κ3) is 4.64. The Morgan fingerprint density at radius 3 is 2.56 bits per heavy atom. The van der Waals surface area contributed by atoms with Crippen molar-refractivity contribution in [3.63, 3.8) is 0 Å². The maximum absolute atomic E-state index is 14.0. The van der Waals surface area contributed by atoms with Gasteiger partial charge in [0, 0.05) is 25.1 Å². The van der Waals surface area contributed by atoms with E-state index in [0.717, 1.165) is 24.6 Å². The first-order valence-electron chi connectivity index (χ1n) is 10.7. The van der Waals surface area contributed by atoms with Crippen LogP contribution < -0.4 is 5.32 Å². The Morgan fingerprint density at radius 1 is 1.09 bits per heavy atom. The van der Waals surface area contributed by atoms with E-state index in [1.165, 1.54) is 0 Å². The first kappa shape index (κ1) is 21.9. The molecule has 0 unspecified atom stereocenters. The van der Waals surface area contributed by atoms with Gasteiger partial charge in [0.1, 0.15) is 11.6 Å². The summed E-state index contributed by atoms with van der Waals surface area (Å²) in [6.07, 6.45) is 0.0599. The van der Waals surface area contributed by atoms with Gasteiger partial charge in [-0.1, -0.05) is 31.1 Å². The Balaban J connectivity index is 1.46. The number of benzene rings is 2. The highest BCUT2D eigenvalue weighted by molar-refractivity contribution is 6.08. The highest BCUT2D eigenvalue weighted by atomic mass is 19.1. The van der Waals surface area contributed by atoms with Crippen LogP contribution in [-0.4, -0.2) is 41.6 Å². The number of nitrogens with zero attached hydrogens (tertiary/aromatic N) is 2. The molecule has 8 heteroatoms. The average Bonchev–Trinajstić information content (AvgIpc) is 3.25. The zero-order valence-corrected chi connectivity index (χ0v) is 18.0. The second kappa shape index (κ2) is 9.06. The number of carbonyl (C=O) groups excluding carboxylic acids is 2. The fourth-order valence-corrected chi connectivity index (χ4v) is 4.39. The van der Waals surface area contributed by atoms with Gasteiger partial charge in [0.15, 0.2) is 0 Å². The van der Waals surface area contributed by atoms with E-state index in [9.17, 15) is 18.4 Å². The molecule has 2 aliphatic rings. The molecule has 0 radical (unpaired) electrons. The Kier molecular flexibility index (Phi) is 6.21. The third-order valence-electron chi connectivity index (χ3n) is 5.77. The van der Waals surface area contributed by atoms with Gasteiger partial charge in [-0.2, -0.15) is 0 Å². The topological polar surface area (TPSA) is 71.0 Å². The van der Waals surface area contributed by atoms with Crippen molar-refractivity contribution in [1.29, 1.82) is 0 Å². The van der Waals surface area contributed by atoms with E-state index < -0.39 is 23.6 Å². The molecule has 4 rings (SSSR count). The molecule has 2 amide bonds. The summed E-state index contributed by atoms with van der Waals surface area (Å²) in [5.74, 6) is -1.07. The van der Waals surface area contributed by atoms with Crippen molar-refractivity contribution in [1.82, 2.24) is 4.90 Å². The van der Waals surface area contributed by atoms with Crippen LogP contribution in [0.5, 0.6) is 0 Å². The van der Waals surface area contributed by atoms with Crippen LogP contribution in [0.25, 0.3) is 0 Å². The van der Waals surface area contributed by atoms with Gasteiger partial charge >= 0.3 is 0 Å². The number of para-hydroxylation sites is 1. The molecule has 0 bridgehead atoms. The van der Waals surface area contributed by atoms with Gasteiger partial charge in [0.25, 0.3) is 11.8 Å². The lowest BCUT2D eigenvalue weighted by Crippen LogP contribution is -2.43. The number of piperidine rings is 1. The first-order chi connectivity index (χ1) is 15.3. The van der Waals surface area contributed by atoms with E-state index >= 15 is 0 Å². The van der Waals surface area contributed by atoms with E-state index in [2.05, 4.69) is 24.3 Å². The van der Waals surface area contributed by atoms with Crippen molar-refractivity contribution in [3.8, 4) is 0 Å². The molecule has 1 fully saturated rings. The Labute approximate surface area is 185 Å². The summed E-state index contributed by atoms with van der Waals surface area (Å²) >= 11 is 0. The van der Waals surface area contributed by atoms with Crippen LogP contribution in [0.15, 0.2) is 47.6 Å². The molecule has 2 aromatic carbocycles. The van der Waals surface area contributed by atoms with Crippen LogP contribution in [0, 0.1) is 23.5 Å². The molecule has 0 aromatic heterocycles. The molecule has 0 aliphatic carbocycles. The molecule has 0 saturated carbocycles. The van der Waals surface area contributed by atoms with E-state index in [-0.39, 0.29) is 23.6 Å². The largest absolute Gasteiger partial charge is 0.382 e. The standard InChI is InChI=1S/C24H25F2N3O3/c1-14-9-15(2)13-29(12-14)24(31)17-5-3-4-6-20(17)27-23(30)22-11-21(28-32-22)18-10-16(25)7-8-19(18)26/h3-8,10,14-15,22H,9,11-13H2,1-2H3,(H,27,30)/t14-,15-,22+/m1/s1. The van der Waals surface area contributed by atoms with E-state index in [0.29, 0.717) is 36.2 Å². The van der Waals surface area contributed by atoms with Crippen molar-refractivity contribution in [2.24, 2.45) is 17.0 Å². The number of hydrogen-bond acceptors (Lipinski definition) is 4. The summed E-state index contributed by atoms with van der Waals surface area (Å²) in [6.45, 7) is 5.60. The van der Waals surface area contributed by atoms with Crippen molar-refractivity contribution < 1.29 is 23.2 Å². The highest BCUT2D eigenvalue weighted by Crippen LogP contribution is 2.26. The molecule has 0 spiro atoms. The van der Waals surface area contributed by atoms with Gasteiger partial charge in [-0.15, -0.1) is 0 Å². The number of likely N-dealkylation sites (tertiary alicyclic amines) is 1. The molecule has 2 heterocycles. The molecule has 6 nitrogen and oxygen atoms in total. The van der Waals surface area contributed by atoms with E-state index in [1.54, 1.807) is 24.3 Å². The molecular weight excluding hydrogens is 416 g/mol. The minimum Gasteiger partial charge on any atom is -0.382 e. The molecule has 2 aliphatic heterocycles. The lowest BCUT2D eigenvalue weighted by Gasteiger charge is -2.35. The van der Waals surface area contributed by atoms with Crippen molar-refractivity contribution in [3.05, 3.63) is 65.2 Å². The molecule has 2 aromatic rings. The smallest absolute Gasteiger partial charge is 0.268 e. The number of hydrogen-bond donors (Lipinski definition) is 1. The highest BCUT2D eigenvalue weighted by Gasteiger charge is 2.32. The van der Waals surface area contributed by atoms with Crippen LogP contribution in [0.1, 0.15) is 42.6 Å². The number of halogens is 2.